The zero-order valence-corrected chi connectivity index (χ0v) is 15.5. The number of sulfonamides is 1. The molecule has 0 aliphatic carbocycles. The van der Waals surface area contributed by atoms with E-state index in [0.717, 1.165) is 17.4 Å². The Kier molecular flexibility index (Phi) is 6.27. The summed E-state index contributed by atoms with van der Waals surface area (Å²) in [5, 5.41) is 2.77. The lowest BCUT2D eigenvalue weighted by Gasteiger charge is -2.19. The lowest BCUT2D eigenvalue weighted by molar-refractivity contribution is 0.0951. The van der Waals surface area contributed by atoms with Crippen molar-refractivity contribution in [1.82, 2.24) is 14.6 Å². The van der Waals surface area contributed by atoms with Crippen molar-refractivity contribution in [3.05, 3.63) is 65.0 Å². The number of pyridine rings is 1. The number of carbonyl (C=O) groups excluding carboxylic acids is 1. The van der Waals surface area contributed by atoms with E-state index < -0.39 is 10.0 Å². The van der Waals surface area contributed by atoms with E-state index in [0.29, 0.717) is 11.3 Å². The zero-order valence-electron chi connectivity index (χ0n) is 14.7. The van der Waals surface area contributed by atoms with Crippen molar-refractivity contribution in [3.8, 4) is 0 Å². The first-order valence-electron chi connectivity index (χ1n) is 7.98. The highest BCUT2D eigenvalue weighted by Crippen LogP contribution is 2.10. The standard InChI is InChI=1S/C18H23N3O3S/c1-14-7-8-16(12-15(14)2)18(22)20-10-11-21(25(3,23)24)13-17-6-4-5-9-19-17/h4-9,12H,10-11,13H2,1-3H3,(H,20,22). The minimum Gasteiger partial charge on any atom is -0.351 e. The molecule has 0 aliphatic heterocycles. The molecule has 1 aromatic carbocycles. The number of benzene rings is 1. The predicted octanol–water partition coefficient (Wildman–Crippen LogP) is 1.89. The topological polar surface area (TPSA) is 79.4 Å². The van der Waals surface area contributed by atoms with E-state index in [4.69, 9.17) is 0 Å². The summed E-state index contributed by atoms with van der Waals surface area (Å²) in [6.45, 7) is 4.53. The van der Waals surface area contributed by atoms with Gasteiger partial charge in [0.15, 0.2) is 0 Å². The molecule has 0 spiro atoms. The number of hydrogen-bond acceptors (Lipinski definition) is 4. The number of amides is 1. The van der Waals surface area contributed by atoms with Gasteiger partial charge in [-0.3, -0.25) is 9.78 Å². The van der Waals surface area contributed by atoms with Crippen molar-refractivity contribution in [2.75, 3.05) is 19.3 Å². The third-order valence-electron chi connectivity index (χ3n) is 3.95. The zero-order chi connectivity index (χ0) is 18.4. The summed E-state index contributed by atoms with van der Waals surface area (Å²) in [7, 11) is -3.40. The number of nitrogens with one attached hydrogen (secondary N) is 1. The minimum atomic E-state index is -3.40. The van der Waals surface area contributed by atoms with Gasteiger partial charge in [0.2, 0.25) is 10.0 Å². The second kappa shape index (κ2) is 8.22. The molecule has 1 heterocycles. The van der Waals surface area contributed by atoms with Gasteiger partial charge in [-0.25, -0.2) is 8.42 Å². The van der Waals surface area contributed by atoms with E-state index >= 15 is 0 Å². The van der Waals surface area contributed by atoms with Gasteiger partial charge in [0, 0.05) is 24.8 Å². The van der Waals surface area contributed by atoms with Crippen molar-refractivity contribution in [2.45, 2.75) is 20.4 Å². The number of hydrogen-bond donors (Lipinski definition) is 1. The monoisotopic (exact) mass is 361 g/mol. The molecule has 0 bridgehead atoms. The molecule has 2 rings (SSSR count). The second-order valence-electron chi connectivity index (χ2n) is 5.97. The van der Waals surface area contributed by atoms with E-state index in [9.17, 15) is 13.2 Å². The molecule has 0 fully saturated rings. The lowest BCUT2D eigenvalue weighted by atomic mass is 10.1. The fourth-order valence-electron chi connectivity index (χ4n) is 2.31. The van der Waals surface area contributed by atoms with Crippen molar-refractivity contribution in [2.24, 2.45) is 0 Å². The fraction of sp³-hybridized carbons (Fsp3) is 0.333. The van der Waals surface area contributed by atoms with Crippen LogP contribution >= 0.6 is 0 Å². The molecule has 6 nitrogen and oxygen atoms in total. The van der Waals surface area contributed by atoms with Gasteiger partial charge in [-0.15, -0.1) is 0 Å². The smallest absolute Gasteiger partial charge is 0.251 e. The van der Waals surface area contributed by atoms with Crippen LogP contribution in [0, 0.1) is 13.8 Å². The first-order valence-corrected chi connectivity index (χ1v) is 9.82. The van der Waals surface area contributed by atoms with Gasteiger partial charge in [0.25, 0.3) is 5.91 Å². The van der Waals surface area contributed by atoms with E-state index in [2.05, 4.69) is 10.3 Å². The maximum Gasteiger partial charge on any atom is 0.251 e. The van der Waals surface area contributed by atoms with E-state index in [-0.39, 0.29) is 25.5 Å². The van der Waals surface area contributed by atoms with Crippen LogP contribution in [0.3, 0.4) is 0 Å². The summed E-state index contributed by atoms with van der Waals surface area (Å²) in [6, 6.07) is 10.8. The van der Waals surface area contributed by atoms with Crippen LogP contribution in [-0.4, -0.2) is 43.0 Å². The molecule has 0 saturated heterocycles. The molecule has 7 heteroatoms. The molecule has 1 amide bonds. The van der Waals surface area contributed by atoms with Crippen LogP contribution in [0.2, 0.25) is 0 Å². The van der Waals surface area contributed by atoms with E-state index in [1.807, 2.05) is 32.0 Å². The van der Waals surface area contributed by atoms with Gasteiger partial charge in [0.1, 0.15) is 0 Å². The van der Waals surface area contributed by atoms with E-state index in [1.165, 1.54) is 4.31 Å². The Balaban J connectivity index is 1.96. The highest BCUT2D eigenvalue weighted by molar-refractivity contribution is 7.88. The summed E-state index contributed by atoms with van der Waals surface area (Å²) in [6.07, 6.45) is 2.78. The summed E-state index contributed by atoms with van der Waals surface area (Å²) in [5.74, 6) is -0.214. The molecule has 0 unspecified atom stereocenters. The number of nitrogens with zero attached hydrogens (tertiary/aromatic N) is 2. The van der Waals surface area contributed by atoms with Crippen LogP contribution in [0.25, 0.3) is 0 Å². The maximum atomic E-state index is 12.2. The molecule has 25 heavy (non-hydrogen) atoms. The van der Waals surface area contributed by atoms with Gasteiger partial charge < -0.3 is 5.32 Å². The summed E-state index contributed by atoms with van der Waals surface area (Å²) in [5.41, 5.74) is 3.39. The number of aryl methyl sites for hydroxylation is 2. The Bertz CT molecular complexity index is 836. The van der Waals surface area contributed by atoms with E-state index in [1.54, 1.807) is 24.4 Å². The minimum absolute atomic E-state index is 0.180. The Morgan fingerprint density at radius 2 is 1.92 bits per heavy atom. The number of carbonyl (C=O) groups is 1. The highest BCUT2D eigenvalue weighted by Gasteiger charge is 2.17. The molecular weight excluding hydrogens is 338 g/mol. The van der Waals surface area contributed by atoms with Gasteiger partial charge in [-0.2, -0.15) is 4.31 Å². The van der Waals surface area contributed by atoms with Gasteiger partial charge in [0.05, 0.1) is 18.5 Å². The van der Waals surface area contributed by atoms with Crippen LogP contribution in [0.4, 0.5) is 0 Å². The van der Waals surface area contributed by atoms with Crippen LogP contribution in [0.5, 0.6) is 0 Å². The Labute approximate surface area is 148 Å². The van der Waals surface area contributed by atoms with Gasteiger partial charge in [-0.05, 0) is 49.2 Å². The normalized spacial score (nSPS) is 11.5. The van der Waals surface area contributed by atoms with Crippen LogP contribution in [-0.2, 0) is 16.6 Å². The summed E-state index contributed by atoms with van der Waals surface area (Å²) < 4.78 is 25.2. The van der Waals surface area contributed by atoms with Gasteiger partial charge in [-0.1, -0.05) is 12.1 Å². The Morgan fingerprint density at radius 1 is 1.16 bits per heavy atom. The Hall–Kier alpha value is -2.25. The van der Waals surface area contributed by atoms with Crippen molar-refractivity contribution in [3.63, 3.8) is 0 Å². The maximum absolute atomic E-state index is 12.2. The first kappa shape index (κ1) is 19.1. The highest BCUT2D eigenvalue weighted by atomic mass is 32.2. The molecule has 0 saturated carbocycles. The van der Waals surface area contributed by atoms with Gasteiger partial charge >= 0.3 is 0 Å². The van der Waals surface area contributed by atoms with Crippen molar-refractivity contribution >= 4 is 15.9 Å². The van der Waals surface area contributed by atoms with Crippen LogP contribution < -0.4 is 5.32 Å². The summed E-state index contributed by atoms with van der Waals surface area (Å²) in [4.78, 5) is 16.4. The quantitative estimate of drug-likeness (QED) is 0.817. The summed E-state index contributed by atoms with van der Waals surface area (Å²) >= 11 is 0. The second-order valence-corrected chi connectivity index (χ2v) is 7.95. The SMILES string of the molecule is Cc1ccc(C(=O)NCCN(Cc2ccccn2)S(C)(=O)=O)cc1C. The average Bonchev–Trinajstić information content (AvgIpc) is 2.56. The molecule has 0 aliphatic rings. The third-order valence-corrected chi connectivity index (χ3v) is 5.20. The van der Waals surface area contributed by atoms with Crippen molar-refractivity contribution in [1.29, 1.82) is 0 Å². The molecule has 0 radical (unpaired) electrons. The molecule has 2 aromatic rings. The molecular formula is C18H23N3O3S. The predicted molar refractivity (Wildman–Crippen MR) is 97.7 cm³/mol. The number of rotatable bonds is 7. The average molecular weight is 361 g/mol. The molecule has 1 aromatic heterocycles. The fourth-order valence-corrected chi connectivity index (χ4v) is 3.10. The largest absolute Gasteiger partial charge is 0.351 e. The van der Waals surface area contributed by atoms with Crippen LogP contribution in [0.1, 0.15) is 27.2 Å². The lowest BCUT2D eigenvalue weighted by Crippen LogP contribution is -2.37. The Morgan fingerprint density at radius 3 is 2.52 bits per heavy atom. The third kappa shape index (κ3) is 5.65. The molecule has 0 atom stereocenters. The number of aromatic nitrogens is 1. The molecule has 134 valence electrons. The first-order chi connectivity index (χ1) is 11.8. The van der Waals surface area contributed by atoms with Crippen molar-refractivity contribution < 1.29 is 13.2 Å². The molecule has 1 N–H and O–H groups in total. The van der Waals surface area contributed by atoms with Crippen LogP contribution in [0.15, 0.2) is 42.6 Å².